The molecule has 3 rings (SSSR count). The van der Waals surface area contributed by atoms with E-state index in [4.69, 9.17) is 9.47 Å². The van der Waals surface area contributed by atoms with Crippen molar-refractivity contribution in [3.8, 4) is 17.4 Å². The average molecular weight is 355 g/mol. The zero-order valence-corrected chi connectivity index (χ0v) is 15.0. The molecule has 0 spiro atoms. The van der Waals surface area contributed by atoms with Gasteiger partial charge in [0.05, 0.1) is 7.11 Å². The van der Waals surface area contributed by atoms with Crippen LogP contribution in [0.15, 0.2) is 42.6 Å². The molecule has 1 aromatic carbocycles. The van der Waals surface area contributed by atoms with Gasteiger partial charge in [0.1, 0.15) is 0 Å². The second-order valence-electron chi connectivity index (χ2n) is 6.38. The van der Waals surface area contributed by atoms with Gasteiger partial charge in [0.2, 0.25) is 5.88 Å². The summed E-state index contributed by atoms with van der Waals surface area (Å²) in [7, 11) is 1.60. The Morgan fingerprint density at radius 1 is 1.12 bits per heavy atom. The van der Waals surface area contributed by atoms with E-state index in [1.165, 1.54) is 19.3 Å². The number of para-hydroxylation sites is 2. The Bertz CT molecular complexity index is 730. The standard InChI is InChI=1S/C20H25N3O3/c1-25-17-11-5-6-12-18(17)26-19-15(8-7-13-21-19)14-22-20(24)23-16-9-3-2-4-10-16/h5-8,11-13,16H,2-4,9-10,14H2,1H3,(H2,22,23,24). The minimum absolute atomic E-state index is 0.149. The van der Waals surface area contributed by atoms with Crippen LogP contribution in [-0.4, -0.2) is 24.2 Å². The molecule has 6 heteroatoms. The van der Waals surface area contributed by atoms with Gasteiger partial charge in [-0.15, -0.1) is 0 Å². The molecule has 0 aliphatic heterocycles. The molecule has 1 aliphatic rings. The summed E-state index contributed by atoms with van der Waals surface area (Å²) < 4.78 is 11.2. The summed E-state index contributed by atoms with van der Waals surface area (Å²) in [5.74, 6) is 1.67. The number of nitrogens with zero attached hydrogens (tertiary/aromatic N) is 1. The molecule has 1 aromatic heterocycles. The Morgan fingerprint density at radius 2 is 1.88 bits per heavy atom. The van der Waals surface area contributed by atoms with Crippen LogP contribution in [0, 0.1) is 0 Å². The molecule has 2 aromatic rings. The molecule has 0 bridgehead atoms. The lowest BCUT2D eigenvalue weighted by Gasteiger charge is -2.23. The number of nitrogens with one attached hydrogen (secondary N) is 2. The maximum absolute atomic E-state index is 12.2. The highest BCUT2D eigenvalue weighted by molar-refractivity contribution is 5.74. The monoisotopic (exact) mass is 355 g/mol. The van der Waals surface area contributed by atoms with Crippen molar-refractivity contribution in [1.29, 1.82) is 0 Å². The number of ether oxygens (including phenoxy) is 2. The number of benzene rings is 1. The van der Waals surface area contributed by atoms with Gasteiger partial charge in [-0.1, -0.05) is 37.5 Å². The van der Waals surface area contributed by atoms with Gasteiger partial charge in [-0.2, -0.15) is 0 Å². The van der Waals surface area contributed by atoms with Crippen molar-refractivity contribution in [2.24, 2.45) is 0 Å². The van der Waals surface area contributed by atoms with E-state index in [-0.39, 0.29) is 12.1 Å². The second kappa shape index (κ2) is 9.08. The predicted octanol–water partition coefficient (Wildman–Crippen LogP) is 4.01. The van der Waals surface area contributed by atoms with Gasteiger partial charge >= 0.3 is 6.03 Å². The van der Waals surface area contributed by atoms with Crippen LogP contribution in [0.1, 0.15) is 37.7 Å². The molecule has 0 unspecified atom stereocenters. The highest BCUT2D eigenvalue weighted by Crippen LogP contribution is 2.31. The van der Waals surface area contributed by atoms with Crippen LogP contribution in [0.5, 0.6) is 17.4 Å². The maximum atomic E-state index is 12.2. The highest BCUT2D eigenvalue weighted by atomic mass is 16.5. The molecule has 1 aliphatic carbocycles. The second-order valence-corrected chi connectivity index (χ2v) is 6.38. The summed E-state index contributed by atoms with van der Waals surface area (Å²) in [4.78, 5) is 16.4. The summed E-state index contributed by atoms with van der Waals surface area (Å²) >= 11 is 0. The van der Waals surface area contributed by atoms with Crippen molar-refractivity contribution in [2.45, 2.75) is 44.7 Å². The predicted molar refractivity (Wildman–Crippen MR) is 99.5 cm³/mol. The molecular weight excluding hydrogens is 330 g/mol. The Kier molecular flexibility index (Phi) is 6.30. The Labute approximate surface area is 153 Å². The molecule has 0 radical (unpaired) electrons. The third-order valence-corrected chi connectivity index (χ3v) is 4.51. The minimum Gasteiger partial charge on any atom is -0.493 e. The molecule has 0 atom stereocenters. The Hall–Kier alpha value is -2.76. The van der Waals surface area contributed by atoms with Crippen LogP contribution in [0.2, 0.25) is 0 Å². The minimum atomic E-state index is -0.149. The number of hydrogen-bond donors (Lipinski definition) is 2. The highest BCUT2D eigenvalue weighted by Gasteiger charge is 2.16. The van der Waals surface area contributed by atoms with Crippen molar-refractivity contribution < 1.29 is 14.3 Å². The first-order valence-corrected chi connectivity index (χ1v) is 9.05. The van der Waals surface area contributed by atoms with Gasteiger partial charge in [-0.05, 0) is 31.0 Å². The largest absolute Gasteiger partial charge is 0.493 e. The summed E-state index contributed by atoms with van der Waals surface area (Å²) in [6, 6.07) is 11.2. The fraction of sp³-hybridized carbons (Fsp3) is 0.400. The fourth-order valence-electron chi connectivity index (χ4n) is 3.12. The molecule has 26 heavy (non-hydrogen) atoms. The van der Waals surface area contributed by atoms with Crippen molar-refractivity contribution in [2.75, 3.05) is 7.11 Å². The number of rotatable bonds is 6. The number of amides is 2. The molecule has 2 amide bonds. The molecule has 0 saturated heterocycles. The van der Waals surface area contributed by atoms with Gasteiger partial charge in [-0.25, -0.2) is 9.78 Å². The average Bonchev–Trinajstić information content (AvgIpc) is 2.68. The topological polar surface area (TPSA) is 72.5 Å². The van der Waals surface area contributed by atoms with Crippen molar-refractivity contribution in [3.63, 3.8) is 0 Å². The fourth-order valence-corrected chi connectivity index (χ4v) is 3.12. The zero-order chi connectivity index (χ0) is 18.2. The van der Waals surface area contributed by atoms with Gasteiger partial charge in [0.15, 0.2) is 11.5 Å². The van der Waals surface area contributed by atoms with Crippen LogP contribution in [0.4, 0.5) is 4.79 Å². The van der Waals surface area contributed by atoms with E-state index < -0.39 is 0 Å². The third-order valence-electron chi connectivity index (χ3n) is 4.51. The SMILES string of the molecule is COc1ccccc1Oc1ncccc1CNC(=O)NC1CCCCC1. The van der Waals surface area contributed by atoms with Crippen LogP contribution in [0.25, 0.3) is 0 Å². The van der Waals surface area contributed by atoms with E-state index >= 15 is 0 Å². The molecular formula is C20H25N3O3. The lowest BCUT2D eigenvalue weighted by molar-refractivity contribution is 0.232. The van der Waals surface area contributed by atoms with Gasteiger partial charge < -0.3 is 20.1 Å². The summed E-state index contributed by atoms with van der Waals surface area (Å²) in [5, 5.41) is 5.94. The smallest absolute Gasteiger partial charge is 0.315 e. The lowest BCUT2D eigenvalue weighted by atomic mass is 9.96. The number of pyridine rings is 1. The first-order chi connectivity index (χ1) is 12.8. The van der Waals surface area contributed by atoms with E-state index in [1.54, 1.807) is 13.3 Å². The summed E-state index contributed by atoms with van der Waals surface area (Å²) in [6.07, 6.45) is 7.41. The number of carbonyl (C=O) groups excluding carboxylic acids is 1. The van der Waals surface area contributed by atoms with E-state index in [0.717, 1.165) is 18.4 Å². The first kappa shape index (κ1) is 18.0. The molecule has 138 valence electrons. The first-order valence-electron chi connectivity index (χ1n) is 9.05. The quantitative estimate of drug-likeness (QED) is 0.821. The van der Waals surface area contributed by atoms with E-state index in [9.17, 15) is 4.79 Å². The molecule has 1 fully saturated rings. The molecule has 1 saturated carbocycles. The Morgan fingerprint density at radius 3 is 2.65 bits per heavy atom. The van der Waals surface area contributed by atoms with Crippen LogP contribution in [-0.2, 0) is 6.54 Å². The van der Waals surface area contributed by atoms with Crippen molar-refractivity contribution in [1.82, 2.24) is 15.6 Å². The van der Waals surface area contributed by atoms with E-state index in [0.29, 0.717) is 23.9 Å². The van der Waals surface area contributed by atoms with Crippen LogP contribution < -0.4 is 20.1 Å². The van der Waals surface area contributed by atoms with E-state index in [2.05, 4.69) is 15.6 Å². The summed E-state index contributed by atoms with van der Waals surface area (Å²) in [5.41, 5.74) is 0.803. The number of hydrogen-bond acceptors (Lipinski definition) is 4. The lowest BCUT2D eigenvalue weighted by Crippen LogP contribution is -2.42. The van der Waals surface area contributed by atoms with Crippen LogP contribution in [0.3, 0.4) is 0 Å². The van der Waals surface area contributed by atoms with Gasteiger partial charge in [0, 0.05) is 24.3 Å². The number of aromatic nitrogens is 1. The molecule has 1 heterocycles. The summed E-state index contributed by atoms with van der Waals surface area (Å²) in [6.45, 7) is 0.344. The molecule has 2 N–H and O–H groups in total. The van der Waals surface area contributed by atoms with Crippen molar-refractivity contribution >= 4 is 6.03 Å². The maximum Gasteiger partial charge on any atom is 0.315 e. The zero-order valence-electron chi connectivity index (χ0n) is 15.0. The van der Waals surface area contributed by atoms with E-state index in [1.807, 2.05) is 36.4 Å². The number of urea groups is 1. The number of carbonyl (C=O) groups is 1. The van der Waals surface area contributed by atoms with Gasteiger partial charge in [0.25, 0.3) is 0 Å². The van der Waals surface area contributed by atoms with Crippen LogP contribution >= 0.6 is 0 Å². The number of methoxy groups -OCH3 is 1. The van der Waals surface area contributed by atoms with Crippen molar-refractivity contribution in [3.05, 3.63) is 48.2 Å². The normalized spacial score (nSPS) is 14.5. The van der Waals surface area contributed by atoms with Gasteiger partial charge in [-0.3, -0.25) is 0 Å². The third kappa shape index (κ3) is 4.88. The molecule has 6 nitrogen and oxygen atoms in total. The Balaban J connectivity index is 1.61.